The van der Waals surface area contributed by atoms with E-state index in [1.807, 2.05) is 37.4 Å². The maximum absolute atomic E-state index is 6.20. The van der Waals surface area contributed by atoms with Gasteiger partial charge in [0.1, 0.15) is 7.05 Å². The number of aromatic nitrogens is 1. The average Bonchev–Trinajstić information content (AvgIpc) is 3.18. The lowest BCUT2D eigenvalue weighted by Gasteiger charge is -2.18. The molecule has 0 aliphatic carbocycles. The van der Waals surface area contributed by atoms with Crippen LogP contribution in [0, 0.1) is 0 Å². The van der Waals surface area contributed by atoms with E-state index in [1.165, 1.54) is 15.6 Å². The third kappa shape index (κ3) is 3.51. The van der Waals surface area contributed by atoms with Crippen LogP contribution in [0.25, 0.3) is 17.2 Å². The number of oxazole rings is 1. The molecule has 27 heavy (non-hydrogen) atoms. The van der Waals surface area contributed by atoms with Crippen molar-refractivity contribution in [2.45, 2.75) is 11.8 Å². The van der Waals surface area contributed by atoms with Crippen LogP contribution in [0.2, 0.25) is 5.02 Å². The van der Waals surface area contributed by atoms with Gasteiger partial charge in [-0.15, -0.1) is 11.8 Å². The molecule has 0 N–H and O–H groups in total. The lowest BCUT2D eigenvalue weighted by Crippen LogP contribution is -2.29. The van der Waals surface area contributed by atoms with Crippen molar-refractivity contribution >= 4 is 58.0 Å². The van der Waals surface area contributed by atoms with Gasteiger partial charge in [0.2, 0.25) is 5.58 Å². The first kappa shape index (κ1) is 18.5. The molecule has 0 unspecified atom stereocenters. The van der Waals surface area contributed by atoms with Crippen LogP contribution in [0.15, 0.2) is 67.8 Å². The predicted octanol–water partition coefficient (Wildman–Crippen LogP) is 6.09. The minimum Gasteiger partial charge on any atom is -0.398 e. The molecular weight excluding hydrogens is 396 g/mol. The minimum absolute atomic E-state index is 0.768. The molecule has 3 aromatic rings. The Kier molecular flexibility index (Phi) is 5.26. The van der Waals surface area contributed by atoms with Crippen molar-refractivity contribution in [3.8, 4) is 0 Å². The Morgan fingerprint density at radius 3 is 2.85 bits per heavy atom. The molecule has 1 aromatic heterocycles. The van der Waals surface area contributed by atoms with Gasteiger partial charge < -0.3 is 9.32 Å². The molecule has 6 heteroatoms. The summed E-state index contributed by atoms with van der Waals surface area (Å²) in [6.45, 7) is 3.05. The second kappa shape index (κ2) is 7.66. The molecule has 0 saturated heterocycles. The lowest BCUT2D eigenvalue weighted by molar-refractivity contribution is -0.652. The summed E-state index contributed by atoms with van der Waals surface area (Å²) in [5, 5.41) is 1.97. The van der Waals surface area contributed by atoms with E-state index in [0.717, 1.165) is 33.5 Å². The fraction of sp³-hybridized carbons (Fsp3) is 0.190. The van der Waals surface area contributed by atoms with E-state index in [0.29, 0.717) is 0 Å². The van der Waals surface area contributed by atoms with Gasteiger partial charge in [-0.05, 0) is 43.5 Å². The first-order chi connectivity index (χ1) is 13.1. The summed E-state index contributed by atoms with van der Waals surface area (Å²) in [5.74, 6) is 0.837. The van der Waals surface area contributed by atoms with E-state index in [9.17, 15) is 0 Å². The fourth-order valence-corrected chi connectivity index (χ4v) is 5.01. The minimum atomic E-state index is 0.768. The van der Waals surface area contributed by atoms with Crippen LogP contribution in [-0.4, -0.2) is 12.8 Å². The van der Waals surface area contributed by atoms with Crippen molar-refractivity contribution in [1.82, 2.24) is 0 Å². The highest BCUT2D eigenvalue weighted by Crippen LogP contribution is 2.47. The van der Waals surface area contributed by atoms with Crippen LogP contribution < -0.4 is 9.47 Å². The summed E-state index contributed by atoms with van der Waals surface area (Å²) in [7, 11) is 2.03. The molecule has 138 valence electrons. The van der Waals surface area contributed by atoms with Gasteiger partial charge in [-0.1, -0.05) is 35.5 Å². The number of rotatable bonds is 4. The monoisotopic (exact) mass is 415 g/mol. The van der Waals surface area contributed by atoms with Gasteiger partial charge >= 0.3 is 5.89 Å². The molecular formula is C21H20ClN2OS2+. The summed E-state index contributed by atoms with van der Waals surface area (Å²) < 4.78 is 8.11. The van der Waals surface area contributed by atoms with E-state index >= 15 is 0 Å². The Labute approximate surface area is 172 Å². The van der Waals surface area contributed by atoms with Crippen LogP contribution in [-0.2, 0) is 7.05 Å². The van der Waals surface area contributed by atoms with Crippen LogP contribution in [0.4, 0.5) is 5.69 Å². The third-order valence-corrected chi connectivity index (χ3v) is 6.60. The van der Waals surface area contributed by atoms with E-state index < -0.39 is 0 Å². The van der Waals surface area contributed by atoms with Crippen LogP contribution in [0.1, 0.15) is 12.8 Å². The molecule has 0 bridgehead atoms. The highest BCUT2D eigenvalue weighted by molar-refractivity contribution is 8.04. The number of benzene rings is 2. The first-order valence-corrected chi connectivity index (χ1v) is 11.1. The molecule has 4 rings (SSSR count). The average molecular weight is 416 g/mol. The summed E-state index contributed by atoms with van der Waals surface area (Å²) in [4.78, 5) is 4.68. The third-order valence-electron chi connectivity index (χ3n) is 4.55. The predicted molar refractivity (Wildman–Crippen MR) is 117 cm³/mol. The zero-order chi connectivity index (χ0) is 19.0. The maximum atomic E-state index is 6.20. The molecule has 0 amide bonds. The van der Waals surface area contributed by atoms with Gasteiger partial charge in [-0.25, -0.2) is 0 Å². The summed E-state index contributed by atoms with van der Waals surface area (Å²) in [5.41, 5.74) is 3.16. The number of nitrogens with zero attached hydrogens (tertiary/aromatic N) is 2. The number of thioether (sulfide) groups is 2. The van der Waals surface area contributed by atoms with Crippen molar-refractivity contribution in [2.24, 2.45) is 7.05 Å². The molecule has 2 aromatic carbocycles. The van der Waals surface area contributed by atoms with Crippen molar-refractivity contribution < 1.29 is 8.98 Å². The number of aryl methyl sites for hydroxylation is 1. The van der Waals surface area contributed by atoms with Gasteiger partial charge in [0.05, 0.1) is 16.8 Å². The smallest absolute Gasteiger partial charge is 0.375 e. The quantitative estimate of drug-likeness (QED) is 0.480. The van der Waals surface area contributed by atoms with E-state index in [-0.39, 0.29) is 0 Å². The van der Waals surface area contributed by atoms with Crippen LogP contribution >= 0.6 is 35.1 Å². The first-order valence-electron chi connectivity index (χ1n) is 8.70. The summed E-state index contributed by atoms with van der Waals surface area (Å²) in [6.07, 6.45) is 6.41. The van der Waals surface area contributed by atoms with Crippen molar-refractivity contribution in [3.05, 3.63) is 69.4 Å². The zero-order valence-corrected chi connectivity index (χ0v) is 17.8. The summed E-state index contributed by atoms with van der Waals surface area (Å²) >= 11 is 9.69. The molecule has 0 spiro atoms. The molecule has 3 nitrogen and oxygen atoms in total. The van der Waals surface area contributed by atoms with Gasteiger partial charge in [0.25, 0.3) is 5.52 Å². The molecule has 0 radical (unpaired) electrons. The van der Waals surface area contributed by atoms with Gasteiger partial charge in [0.15, 0.2) is 0 Å². The number of para-hydroxylation sites is 2. The lowest BCUT2D eigenvalue weighted by atomic mass is 10.3. The Hall–Kier alpha value is -1.82. The molecule has 0 atom stereocenters. The SMILES string of the molecule is CCN1/C(=C/C(=C/c2oc3ccccc3[n+]2C)SC)Sc2ccc(Cl)cc21. The Bertz CT molecular complexity index is 1070. The number of allylic oxidation sites excluding steroid dienone is 1. The number of hydrogen-bond acceptors (Lipinski definition) is 4. The molecule has 0 fully saturated rings. The number of fused-ring (bicyclic) bond motifs is 2. The number of anilines is 1. The van der Waals surface area contributed by atoms with E-state index in [2.05, 4.69) is 46.9 Å². The van der Waals surface area contributed by atoms with Crippen molar-refractivity contribution in [3.63, 3.8) is 0 Å². The van der Waals surface area contributed by atoms with Crippen molar-refractivity contribution in [2.75, 3.05) is 17.7 Å². The normalized spacial score (nSPS) is 15.8. The number of halogens is 1. The second-order valence-corrected chi connectivity index (χ2v) is 8.54. The van der Waals surface area contributed by atoms with Crippen molar-refractivity contribution in [1.29, 1.82) is 0 Å². The van der Waals surface area contributed by atoms with E-state index in [1.54, 1.807) is 23.5 Å². The van der Waals surface area contributed by atoms with Gasteiger partial charge in [0, 0.05) is 27.4 Å². The summed E-state index contributed by atoms with van der Waals surface area (Å²) in [6, 6.07) is 14.2. The zero-order valence-electron chi connectivity index (χ0n) is 15.4. The Morgan fingerprint density at radius 2 is 2.11 bits per heavy atom. The second-order valence-electron chi connectivity index (χ2n) is 6.16. The van der Waals surface area contributed by atoms with E-state index in [4.69, 9.17) is 16.0 Å². The molecule has 0 saturated carbocycles. The molecule has 2 heterocycles. The van der Waals surface area contributed by atoms with Crippen LogP contribution in [0.5, 0.6) is 0 Å². The molecule has 1 aliphatic heterocycles. The highest BCUT2D eigenvalue weighted by atomic mass is 35.5. The highest BCUT2D eigenvalue weighted by Gasteiger charge is 2.25. The van der Waals surface area contributed by atoms with Gasteiger partial charge in [-0.2, -0.15) is 4.57 Å². The topological polar surface area (TPSA) is 20.3 Å². The van der Waals surface area contributed by atoms with Gasteiger partial charge in [-0.3, -0.25) is 0 Å². The van der Waals surface area contributed by atoms with Crippen LogP contribution in [0.3, 0.4) is 0 Å². The number of hydrogen-bond donors (Lipinski definition) is 0. The standard InChI is InChI=1S/C21H20ClN2OS2/c1-4-24-17-11-14(22)9-10-19(17)27-21(24)13-15(26-3)12-20-23(2)16-7-5-6-8-18(16)25-20/h5-13H,4H2,1-3H3/q+1. The Balaban J connectivity index is 1.72. The fourth-order valence-electron chi connectivity index (χ4n) is 3.16. The Morgan fingerprint density at radius 1 is 1.30 bits per heavy atom. The largest absolute Gasteiger partial charge is 0.398 e. The molecule has 1 aliphatic rings. The maximum Gasteiger partial charge on any atom is 0.375 e.